The Morgan fingerprint density at radius 2 is 2.27 bits per heavy atom. The molecule has 1 aromatic carbocycles. The number of benzene rings is 1. The Morgan fingerprint density at radius 1 is 1.53 bits per heavy atom. The quantitative estimate of drug-likeness (QED) is 0.822. The molecular formula is C12H17NO2. The van der Waals surface area contributed by atoms with E-state index in [4.69, 9.17) is 4.74 Å². The third-order valence-electron chi connectivity index (χ3n) is 2.29. The Hall–Kier alpha value is -1.51. The number of amides is 1. The Balaban J connectivity index is 2.72. The van der Waals surface area contributed by atoms with Crippen LogP contribution in [0.25, 0.3) is 0 Å². The van der Waals surface area contributed by atoms with E-state index in [2.05, 4.69) is 5.32 Å². The molecule has 82 valence electrons. The normalized spacial score (nSPS) is 11.9. The highest BCUT2D eigenvalue weighted by atomic mass is 16.5. The van der Waals surface area contributed by atoms with E-state index in [9.17, 15) is 4.79 Å². The molecule has 0 unspecified atom stereocenters. The fraction of sp³-hybridized carbons (Fsp3) is 0.417. The fourth-order valence-electron chi connectivity index (χ4n) is 1.34. The Morgan fingerprint density at radius 3 is 2.87 bits per heavy atom. The van der Waals surface area contributed by atoms with Crippen molar-refractivity contribution < 1.29 is 9.53 Å². The first-order valence-electron chi connectivity index (χ1n) is 5.10. The summed E-state index contributed by atoms with van der Waals surface area (Å²) >= 11 is 0. The van der Waals surface area contributed by atoms with Crippen LogP contribution in [0.4, 0.5) is 0 Å². The molecule has 0 bridgehead atoms. The highest BCUT2D eigenvalue weighted by molar-refractivity contribution is 5.76. The summed E-state index contributed by atoms with van der Waals surface area (Å²) in [4.78, 5) is 11.2. The summed E-state index contributed by atoms with van der Waals surface area (Å²) in [6.45, 7) is 3.80. The highest BCUT2D eigenvalue weighted by Gasteiger charge is 2.08. The largest absolute Gasteiger partial charge is 0.497 e. The summed E-state index contributed by atoms with van der Waals surface area (Å²) in [5.41, 5.74) is 1.05. The average Bonchev–Trinajstić information content (AvgIpc) is 2.28. The molecule has 0 radical (unpaired) electrons. The third-order valence-corrected chi connectivity index (χ3v) is 2.29. The molecule has 0 saturated heterocycles. The van der Waals surface area contributed by atoms with Gasteiger partial charge in [-0.15, -0.1) is 0 Å². The summed E-state index contributed by atoms with van der Waals surface area (Å²) in [6, 6.07) is 7.73. The van der Waals surface area contributed by atoms with E-state index in [0.717, 1.165) is 11.3 Å². The second-order valence-electron chi connectivity index (χ2n) is 3.42. The summed E-state index contributed by atoms with van der Waals surface area (Å²) in [6.07, 6.45) is 0.508. The average molecular weight is 207 g/mol. The van der Waals surface area contributed by atoms with Crippen LogP contribution in [0, 0.1) is 0 Å². The molecular weight excluding hydrogens is 190 g/mol. The Bertz CT molecular complexity index is 336. The van der Waals surface area contributed by atoms with Crippen molar-refractivity contribution in [3.8, 4) is 5.75 Å². The lowest BCUT2D eigenvalue weighted by atomic mass is 10.1. The molecule has 3 nitrogen and oxygen atoms in total. The predicted molar refractivity (Wildman–Crippen MR) is 59.8 cm³/mol. The van der Waals surface area contributed by atoms with Crippen LogP contribution in [0.2, 0.25) is 0 Å². The van der Waals surface area contributed by atoms with Crippen LogP contribution in [0.5, 0.6) is 5.75 Å². The van der Waals surface area contributed by atoms with Gasteiger partial charge in [-0.3, -0.25) is 4.79 Å². The zero-order valence-electron chi connectivity index (χ0n) is 9.41. The lowest BCUT2D eigenvalue weighted by Crippen LogP contribution is -2.25. The zero-order valence-corrected chi connectivity index (χ0v) is 9.41. The van der Waals surface area contributed by atoms with Gasteiger partial charge in [0.1, 0.15) is 5.75 Å². The molecule has 1 rings (SSSR count). The highest BCUT2D eigenvalue weighted by Crippen LogP contribution is 2.18. The SMILES string of the molecule is CCC(=O)N[C@@H](C)c1cccc(OC)c1. The van der Waals surface area contributed by atoms with E-state index in [1.807, 2.05) is 38.1 Å². The summed E-state index contributed by atoms with van der Waals surface area (Å²) in [7, 11) is 1.63. The molecule has 1 atom stereocenters. The number of nitrogens with one attached hydrogen (secondary N) is 1. The predicted octanol–water partition coefficient (Wildman–Crippen LogP) is 2.28. The minimum absolute atomic E-state index is 0.0209. The number of carbonyl (C=O) groups excluding carboxylic acids is 1. The molecule has 0 aromatic heterocycles. The Kier molecular flexibility index (Phi) is 4.16. The molecule has 1 amide bonds. The molecule has 0 aliphatic carbocycles. The van der Waals surface area contributed by atoms with E-state index in [1.165, 1.54) is 0 Å². The molecule has 0 fully saturated rings. The van der Waals surface area contributed by atoms with E-state index >= 15 is 0 Å². The van der Waals surface area contributed by atoms with Gasteiger partial charge in [0.25, 0.3) is 0 Å². The van der Waals surface area contributed by atoms with Crippen molar-refractivity contribution in [3.63, 3.8) is 0 Å². The zero-order chi connectivity index (χ0) is 11.3. The van der Waals surface area contributed by atoms with Crippen molar-refractivity contribution in [2.45, 2.75) is 26.3 Å². The maximum Gasteiger partial charge on any atom is 0.220 e. The van der Waals surface area contributed by atoms with Gasteiger partial charge in [0.15, 0.2) is 0 Å². The first kappa shape index (κ1) is 11.6. The number of ether oxygens (including phenoxy) is 1. The van der Waals surface area contributed by atoms with Gasteiger partial charge in [0.2, 0.25) is 5.91 Å². The van der Waals surface area contributed by atoms with Gasteiger partial charge in [0.05, 0.1) is 13.2 Å². The van der Waals surface area contributed by atoms with Gasteiger partial charge in [-0.2, -0.15) is 0 Å². The van der Waals surface area contributed by atoms with E-state index in [1.54, 1.807) is 7.11 Å². The van der Waals surface area contributed by atoms with Crippen molar-refractivity contribution in [2.24, 2.45) is 0 Å². The van der Waals surface area contributed by atoms with Gasteiger partial charge in [0, 0.05) is 6.42 Å². The number of methoxy groups -OCH3 is 1. The lowest BCUT2D eigenvalue weighted by Gasteiger charge is -2.14. The van der Waals surface area contributed by atoms with Crippen molar-refractivity contribution in [3.05, 3.63) is 29.8 Å². The summed E-state index contributed by atoms with van der Waals surface area (Å²) in [5.74, 6) is 0.871. The summed E-state index contributed by atoms with van der Waals surface area (Å²) in [5, 5.41) is 2.90. The minimum atomic E-state index is 0.0209. The van der Waals surface area contributed by atoms with E-state index in [-0.39, 0.29) is 11.9 Å². The smallest absolute Gasteiger partial charge is 0.220 e. The number of rotatable bonds is 4. The standard InChI is InChI=1S/C12H17NO2/c1-4-12(14)13-9(2)10-6-5-7-11(8-10)15-3/h5-9H,4H2,1-3H3,(H,13,14)/t9-/m0/s1. The van der Waals surface area contributed by atoms with Crippen LogP contribution in [0.15, 0.2) is 24.3 Å². The second kappa shape index (κ2) is 5.39. The van der Waals surface area contributed by atoms with Crippen molar-refractivity contribution >= 4 is 5.91 Å². The lowest BCUT2D eigenvalue weighted by molar-refractivity contribution is -0.121. The van der Waals surface area contributed by atoms with Crippen LogP contribution < -0.4 is 10.1 Å². The number of hydrogen-bond donors (Lipinski definition) is 1. The third kappa shape index (κ3) is 3.27. The maximum atomic E-state index is 11.2. The fourth-order valence-corrected chi connectivity index (χ4v) is 1.34. The van der Waals surface area contributed by atoms with Gasteiger partial charge in [-0.05, 0) is 24.6 Å². The van der Waals surface area contributed by atoms with Crippen LogP contribution >= 0.6 is 0 Å². The molecule has 0 aliphatic rings. The molecule has 0 heterocycles. The molecule has 0 spiro atoms. The van der Waals surface area contributed by atoms with Gasteiger partial charge >= 0.3 is 0 Å². The van der Waals surface area contributed by atoms with Crippen LogP contribution in [-0.4, -0.2) is 13.0 Å². The van der Waals surface area contributed by atoms with E-state index < -0.39 is 0 Å². The molecule has 1 N–H and O–H groups in total. The van der Waals surface area contributed by atoms with Crippen molar-refractivity contribution in [1.29, 1.82) is 0 Å². The van der Waals surface area contributed by atoms with Crippen molar-refractivity contribution in [1.82, 2.24) is 5.32 Å². The second-order valence-corrected chi connectivity index (χ2v) is 3.42. The first-order valence-corrected chi connectivity index (χ1v) is 5.10. The monoisotopic (exact) mass is 207 g/mol. The van der Waals surface area contributed by atoms with Crippen LogP contribution in [-0.2, 0) is 4.79 Å². The minimum Gasteiger partial charge on any atom is -0.497 e. The maximum absolute atomic E-state index is 11.2. The molecule has 3 heteroatoms. The topological polar surface area (TPSA) is 38.3 Å². The van der Waals surface area contributed by atoms with Gasteiger partial charge in [-0.1, -0.05) is 19.1 Å². The van der Waals surface area contributed by atoms with Gasteiger partial charge < -0.3 is 10.1 Å². The number of carbonyl (C=O) groups is 1. The van der Waals surface area contributed by atoms with Crippen molar-refractivity contribution in [2.75, 3.05) is 7.11 Å². The molecule has 0 saturated carbocycles. The molecule has 0 aliphatic heterocycles. The van der Waals surface area contributed by atoms with Crippen LogP contribution in [0.1, 0.15) is 31.9 Å². The van der Waals surface area contributed by atoms with Gasteiger partial charge in [-0.25, -0.2) is 0 Å². The van der Waals surface area contributed by atoms with E-state index in [0.29, 0.717) is 6.42 Å². The first-order chi connectivity index (χ1) is 7.17. The number of hydrogen-bond acceptors (Lipinski definition) is 2. The van der Waals surface area contributed by atoms with Crippen LogP contribution in [0.3, 0.4) is 0 Å². The Labute approximate surface area is 90.4 Å². The molecule has 1 aromatic rings. The molecule has 15 heavy (non-hydrogen) atoms. The summed E-state index contributed by atoms with van der Waals surface area (Å²) < 4.78 is 5.12.